The molecule has 0 radical (unpaired) electrons. The predicted molar refractivity (Wildman–Crippen MR) is 116 cm³/mol. The van der Waals surface area contributed by atoms with E-state index in [0.29, 0.717) is 19.6 Å². The summed E-state index contributed by atoms with van der Waals surface area (Å²) < 4.78 is 5.39. The quantitative estimate of drug-likeness (QED) is 0.203. The molecule has 0 aromatic heterocycles. The molecule has 0 aliphatic carbocycles. The van der Waals surface area contributed by atoms with E-state index in [0.717, 1.165) is 25.8 Å². The second kappa shape index (κ2) is 16.9. The first-order valence-corrected chi connectivity index (χ1v) is 12.1. The summed E-state index contributed by atoms with van der Waals surface area (Å²) in [7, 11) is 0. The van der Waals surface area contributed by atoms with Gasteiger partial charge in [0.1, 0.15) is 0 Å². The standard InChI is InChI=1S/C24H45NO3/c1-3-5-6-7-8-9-10-11-12-13-14-15-16-17-19-28-24(27)22-20-23(26)25(21-22)18-4-2/h22H,3-21H2,1-2H3. The lowest BCUT2D eigenvalue weighted by Crippen LogP contribution is -2.27. The fraction of sp³-hybridized carbons (Fsp3) is 0.917. The Kier molecular flexibility index (Phi) is 15.0. The lowest BCUT2D eigenvalue weighted by Gasteiger charge is -2.14. The predicted octanol–water partition coefficient (Wildman–Crippen LogP) is 6.27. The molecule has 0 saturated carbocycles. The van der Waals surface area contributed by atoms with Crippen molar-refractivity contribution >= 4 is 11.9 Å². The molecule has 1 aliphatic heterocycles. The summed E-state index contributed by atoms with van der Waals surface area (Å²) in [5, 5.41) is 0. The normalized spacial score (nSPS) is 16.7. The summed E-state index contributed by atoms with van der Waals surface area (Å²) in [4.78, 5) is 25.7. The molecule has 1 rings (SSSR count). The molecule has 28 heavy (non-hydrogen) atoms. The van der Waals surface area contributed by atoms with Crippen LogP contribution in [0.1, 0.15) is 117 Å². The van der Waals surface area contributed by atoms with Crippen LogP contribution in [-0.2, 0) is 14.3 Å². The molecule has 1 atom stereocenters. The Morgan fingerprint density at radius 1 is 0.821 bits per heavy atom. The van der Waals surface area contributed by atoms with Crippen molar-refractivity contribution in [3.8, 4) is 0 Å². The second-order valence-corrected chi connectivity index (χ2v) is 8.50. The number of ether oxygens (including phenoxy) is 1. The molecule has 1 amide bonds. The highest BCUT2D eigenvalue weighted by molar-refractivity contribution is 5.86. The Morgan fingerprint density at radius 3 is 1.82 bits per heavy atom. The van der Waals surface area contributed by atoms with E-state index in [9.17, 15) is 9.59 Å². The SMILES string of the molecule is CCCCCCCCCCCCCCCCOC(=O)C1CC(=O)N(CCC)C1. The Hall–Kier alpha value is -1.06. The molecule has 4 heteroatoms. The van der Waals surface area contributed by atoms with E-state index in [1.165, 1.54) is 77.0 Å². The minimum atomic E-state index is -0.245. The highest BCUT2D eigenvalue weighted by atomic mass is 16.5. The van der Waals surface area contributed by atoms with E-state index >= 15 is 0 Å². The van der Waals surface area contributed by atoms with Crippen molar-refractivity contribution in [3.63, 3.8) is 0 Å². The van der Waals surface area contributed by atoms with Crippen LogP contribution in [0.15, 0.2) is 0 Å². The van der Waals surface area contributed by atoms with Gasteiger partial charge in [-0.1, -0.05) is 97.3 Å². The number of hydrogen-bond acceptors (Lipinski definition) is 3. The number of hydrogen-bond donors (Lipinski definition) is 0. The van der Waals surface area contributed by atoms with Crippen molar-refractivity contribution in [2.45, 2.75) is 117 Å². The Bertz CT molecular complexity index is 411. The summed E-state index contributed by atoms with van der Waals surface area (Å²) in [6.07, 6.45) is 19.8. The number of amides is 1. The van der Waals surface area contributed by atoms with Gasteiger partial charge in [0.05, 0.1) is 12.5 Å². The summed E-state index contributed by atoms with van der Waals surface area (Å²) >= 11 is 0. The zero-order chi connectivity index (χ0) is 20.5. The number of carbonyl (C=O) groups excluding carboxylic acids is 2. The molecular formula is C24H45NO3. The lowest BCUT2D eigenvalue weighted by molar-refractivity contribution is -0.148. The van der Waals surface area contributed by atoms with Crippen LogP contribution in [0.3, 0.4) is 0 Å². The van der Waals surface area contributed by atoms with Crippen molar-refractivity contribution in [2.24, 2.45) is 5.92 Å². The monoisotopic (exact) mass is 395 g/mol. The van der Waals surface area contributed by atoms with Gasteiger partial charge in [-0.15, -0.1) is 0 Å². The van der Waals surface area contributed by atoms with Gasteiger partial charge in [0.25, 0.3) is 0 Å². The molecule has 0 aromatic carbocycles. The van der Waals surface area contributed by atoms with E-state index in [4.69, 9.17) is 4.74 Å². The summed E-state index contributed by atoms with van der Waals surface area (Å²) in [5.74, 6) is -0.326. The Morgan fingerprint density at radius 2 is 1.32 bits per heavy atom. The van der Waals surface area contributed by atoms with Crippen molar-refractivity contribution in [1.29, 1.82) is 0 Å². The average molecular weight is 396 g/mol. The highest BCUT2D eigenvalue weighted by Crippen LogP contribution is 2.19. The fourth-order valence-corrected chi connectivity index (χ4v) is 4.00. The van der Waals surface area contributed by atoms with Crippen LogP contribution in [0.2, 0.25) is 0 Å². The van der Waals surface area contributed by atoms with Crippen LogP contribution in [0, 0.1) is 5.92 Å². The molecule has 4 nitrogen and oxygen atoms in total. The molecule has 1 heterocycles. The number of unbranched alkanes of at least 4 members (excludes halogenated alkanes) is 13. The molecule has 1 fully saturated rings. The minimum absolute atomic E-state index is 0.0975. The third-order valence-corrected chi connectivity index (χ3v) is 5.78. The van der Waals surface area contributed by atoms with Crippen molar-refractivity contribution in [1.82, 2.24) is 4.90 Å². The van der Waals surface area contributed by atoms with E-state index in [-0.39, 0.29) is 17.8 Å². The molecule has 0 bridgehead atoms. The Labute approximate surface area is 173 Å². The van der Waals surface area contributed by atoms with Gasteiger partial charge in [0, 0.05) is 19.5 Å². The van der Waals surface area contributed by atoms with Gasteiger partial charge < -0.3 is 9.64 Å². The van der Waals surface area contributed by atoms with Gasteiger partial charge >= 0.3 is 5.97 Å². The number of nitrogens with zero attached hydrogens (tertiary/aromatic N) is 1. The first kappa shape index (κ1) is 25.0. The summed E-state index contributed by atoms with van der Waals surface area (Å²) in [5.41, 5.74) is 0. The third-order valence-electron chi connectivity index (χ3n) is 5.78. The number of esters is 1. The Balaban J connectivity index is 1.84. The molecule has 0 aromatic rings. The van der Waals surface area contributed by atoms with Gasteiger partial charge in [-0.25, -0.2) is 0 Å². The van der Waals surface area contributed by atoms with Crippen molar-refractivity contribution in [3.05, 3.63) is 0 Å². The molecule has 164 valence electrons. The largest absolute Gasteiger partial charge is 0.465 e. The van der Waals surface area contributed by atoms with E-state index < -0.39 is 0 Å². The topological polar surface area (TPSA) is 46.6 Å². The van der Waals surface area contributed by atoms with Crippen LogP contribution >= 0.6 is 0 Å². The van der Waals surface area contributed by atoms with E-state index in [2.05, 4.69) is 13.8 Å². The van der Waals surface area contributed by atoms with E-state index in [1.54, 1.807) is 4.90 Å². The first-order chi connectivity index (χ1) is 13.7. The molecule has 1 unspecified atom stereocenters. The molecule has 1 saturated heterocycles. The maximum Gasteiger partial charge on any atom is 0.311 e. The van der Waals surface area contributed by atoms with Gasteiger partial charge in [-0.3, -0.25) is 9.59 Å². The second-order valence-electron chi connectivity index (χ2n) is 8.50. The molecular weight excluding hydrogens is 350 g/mol. The first-order valence-electron chi connectivity index (χ1n) is 12.1. The van der Waals surface area contributed by atoms with Crippen LogP contribution in [-0.4, -0.2) is 36.5 Å². The summed E-state index contributed by atoms with van der Waals surface area (Å²) in [6, 6.07) is 0. The van der Waals surface area contributed by atoms with Crippen LogP contribution < -0.4 is 0 Å². The minimum Gasteiger partial charge on any atom is -0.465 e. The van der Waals surface area contributed by atoms with E-state index in [1.807, 2.05) is 0 Å². The van der Waals surface area contributed by atoms with Gasteiger partial charge in [0.2, 0.25) is 5.91 Å². The zero-order valence-electron chi connectivity index (χ0n) is 18.7. The van der Waals surface area contributed by atoms with Crippen molar-refractivity contribution < 1.29 is 14.3 Å². The number of carbonyl (C=O) groups is 2. The highest BCUT2D eigenvalue weighted by Gasteiger charge is 2.34. The van der Waals surface area contributed by atoms with Gasteiger partial charge in [-0.2, -0.15) is 0 Å². The van der Waals surface area contributed by atoms with Crippen LogP contribution in [0.5, 0.6) is 0 Å². The van der Waals surface area contributed by atoms with Gasteiger partial charge in [-0.05, 0) is 12.8 Å². The molecule has 0 spiro atoms. The zero-order valence-corrected chi connectivity index (χ0v) is 18.7. The van der Waals surface area contributed by atoms with Gasteiger partial charge in [0.15, 0.2) is 0 Å². The lowest BCUT2D eigenvalue weighted by atomic mass is 10.0. The average Bonchev–Trinajstić information content (AvgIpc) is 3.06. The van der Waals surface area contributed by atoms with Crippen LogP contribution in [0.4, 0.5) is 0 Å². The molecule has 1 aliphatic rings. The van der Waals surface area contributed by atoms with Crippen molar-refractivity contribution in [2.75, 3.05) is 19.7 Å². The number of rotatable bonds is 18. The fourth-order valence-electron chi connectivity index (χ4n) is 4.00. The smallest absolute Gasteiger partial charge is 0.311 e. The van der Waals surface area contributed by atoms with Crippen LogP contribution in [0.25, 0.3) is 0 Å². The maximum atomic E-state index is 12.1. The molecule has 0 N–H and O–H groups in total. The maximum absolute atomic E-state index is 12.1. The third kappa shape index (κ3) is 11.7. The summed E-state index contributed by atoms with van der Waals surface area (Å²) in [6.45, 7) is 6.13. The number of likely N-dealkylation sites (tertiary alicyclic amines) is 1.